The normalized spacial score (nSPS) is 30.0. The number of hydrogen-bond acceptors (Lipinski definition) is 1. The number of carbonyl (C=O) groups is 1. The van der Waals surface area contributed by atoms with Crippen molar-refractivity contribution in [3.63, 3.8) is 0 Å². The fraction of sp³-hybridized carbons (Fsp3) is 0.300. The van der Waals surface area contributed by atoms with Gasteiger partial charge in [-0.25, -0.2) is 4.39 Å². The Bertz CT molecular complexity index is 378. The van der Waals surface area contributed by atoms with E-state index in [4.69, 9.17) is 17.3 Å². The minimum atomic E-state index is -1.56. The van der Waals surface area contributed by atoms with Crippen LogP contribution in [-0.4, -0.2) is 5.91 Å². The third-order valence-electron chi connectivity index (χ3n) is 2.56. The summed E-state index contributed by atoms with van der Waals surface area (Å²) in [6.45, 7) is 0. The fourth-order valence-electron chi connectivity index (χ4n) is 1.61. The molecule has 14 heavy (non-hydrogen) atoms. The monoisotopic (exact) mass is 213 g/mol. The molecule has 2 rings (SSSR count). The van der Waals surface area contributed by atoms with E-state index in [2.05, 4.69) is 0 Å². The third kappa shape index (κ3) is 1.38. The van der Waals surface area contributed by atoms with Crippen LogP contribution in [0.1, 0.15) is 12.0 Å². The lowest BCUT2D eigenvalue weighted by Gasteiger charge is -2.06. The Hall–Kier alpha value is -1.09. The van der Waals surface area contributed by atoms with Crippen molar-refractivity contribution < 1.29 is 9.18 Å². The number of primary amides is 1. The molecule has 4 heteroatoms. The highest BCUT2D eigenvalue weighted by Crippen LogP contribution is 2.55. The van der Waals surface area contributed by atoms with Gasteiger partial charge in [-0.1, -0.05) is 23.7 Å². The molecule has 0 heterocycles. The van der Waals surface area contributed by atoms with Crippen LogP contribution in [0, 0.1) is 5.92 Å². The summed E-state index contributed by atoms with van der Waals surface area (Å²) in [5.41, 5.74) is 3.95. The summed E-state index contributed by atoms with van der Waals surface area (Å²) in [5.74, 6) is -1.26. The predicted molar refractivity (Wildman–Crippen MR) is 51.5 cm³/mol. The number of rotatable bonds is 2. The van der Waals surface area contributed by atoms with Crippen molar-refractivity contribution in [1.29, 1.82) is 0 Å². The molecule has 0 aromatic heterocycles. The third-order valence-corrected chi connectivity index (χ3v) is 2.81. The van der Waals surface area contributed by atoms with Gasteiger partial charge in [0.25, 0.3) is 0 Å². The molecule has 1 aromatic rings. The van der Waals surface area contributed by atoms with Gasteiger partial charge in [-0.05, 0) is 17.7 Å². The molecule has 0 spiro atoms. The number of nitrogens with two attached hydrogens (primary N) is 1. The largest absolute Gasteiger partial charge is 0.369 e. The topological polar surface area (TPSA) is 43.1 Å². The average Bonchev–Trinajstić information content (AvgIpc) is 2.80. The highest BCUT2D eigenvalue weighted by Gasteiger charge is 2.60. The number of amides is 1. The Morgan fingerprint density at radius 3 is 2.50 bits per heavy atom. The Balaban J connectivity index is 2.25. The minimum Gasteiger partial charge on any atom is -0.369 e. The first kappa shape index (κ1) is 9.46. The molecule has 1 aromatic carbocycles. The molecule has 1 aliphatic carbocycles. The van der Waals surface area contributed by atoms with Crippen molar-refractivity contribution >= 4 is 17.5 Å². The summed E-state index contributed by atoms with van der Waals surface area (Å²) in [6.07, 6.45) is 0.184. The summed E-state index contributed by atoms with van der Waals surface area (Å²) < 4.78 is 13.9. The Kier molecular flexibility index (Phi) is 2.00. The first-order chi connectivity index (χ1) is 6.54. The maximum Gasteiger partial charge on any atom is 0.224 e. The van der Waals surface area contributed by atoms with E-state index >= 15 is 0 Å². The highest BCUT2D eigenvalue weighted by atomic mass is 35.5. The van der Waals surface area contributed by atoms with E-state index in [0.29, 0.717) is 10.6 Å². The van der Waals surface area contributed by atoms with E-state index in [1.54, 1.807) is 24.3 Å². The fourth-order valence-corrected chi connectivity index (χ4v) is 1.74. The Morgan fingerprint density at radius 1 is 1.50 bits per heavy atom. The van der Waals surface area contributed by atoms with Gasteiger partial charge in [0.1, 0.15) is 5.67 Å². The second-order valence-electron chi connectivity index (χ2n) is 3.53. The molecule has 2 nitrogen and oxygen atoms in total. The maximum absolute atomic E-state index is 13.9. The number of halogens is 2. The first-order valence-corrected chi connectivity index (χ1v) is 4.66. The van der Waals surface area contributed by atoms with Crippen LogP contribution in [0.15, 0.2) is 24.3 Å². The lowest BCUT2D eigenvalue weighted by Crippen LogP contribution is -2.18. The lowest BCUT2D eigenvalue weighted by molar-refractivity contribution is -0.120. The van der Waals surface area contributed by atoms with Crippen LogP contribution in [0.25, 0.3) is 0 Å². The second-order valence-corrected chi connectivity index (χ2v) is 3.96. The minimum absolute atomic E-state index is 0.184. The van der Waals surface area contributed by atoms with Crippen LogP contribution >= 0.6 is 11.6 Å². The zero-order valence-electron chi connectivity index (χ0n) is 7.34. The average molecular weight is 214 g/mol. The zero-order valence-corrected chi connectivity index (χ0v) is 8.09. The van der Waals surface area contributed by atoms with E-state index in [1.807, 2.05) is 0 Å². The van der Waals surface area contributed by atoms with Crippen LogP contribution in [0.2, 0.25) is 5.02 Å². The predicted octanol–water partition coefficient (Wildman–Crippen LogP) is 2.01. The highest BCUT2D eigenvalue weighted by molar-refractivity contribution is 6.30. The summed E-state index contributed by atoms with van der Waals surface area (Å²) in [5, 5.41) is 0.550. The molecule has 0 saturated heterocycles. The molecule has 0 radical (unpaired) electrons. The summed E-state index contributed by atoms with van der Waals surface area (Å²) in [4.78, 5) is 10.8. The van der Waals surface area contributed by atoms with Crippen molar-refractivity contribution in [3.05, 3.63) is 34.9 Å². The van der Waals surface area contributed by atoms with Gasteiger partial charge in [0, 0.05) is 11.4 Å². The van der Waals surface area contributed by atoms with Gasteiger partial charge >= 0.3 is 0 Å². The van der Waals surface area contributed by atoms with Crippen LogP contribution in [0.4, 0.5) is 4.39 Å². The van der Waals surface area contributed by atoms with E-state index in [-0.39, 0.29) is 6.42 Å². The van der Waals surface area contributed by atoms with Crippen molar-refractivity contribution in [1.82, 2.24) is 0 Å². The number of hydrogen-bond donors (Lipinski definition) is 1. The number of benzene rings is 1. The molecule has 0 aliphatic heterocycles. The van der Waals surface area contributed by atoms with Gasteiger partial charge in [0.2, 0.25) is 5.91 Å². The van der Waals surface area contributed by atoms with Crippen LogP contribution in [0.5, 0.6) is 0 Å². The van der Waals surface area contributed by atoms with Gasteiger partial charge in [0.15, 0.2) is 0 Å². The van der Waals surface area contributed by atoms with Crippen LogP contribution in [0.3, 0.4) is 0 Å². The maximum atomic E-state index is 13.9. The zero-order chi connectivity index (χ0) is 10.3. The Morgan fingerprint density at radius 2 is 2.07 bits per heavy atom. The van der Waals surface area contributed by atoms with Gasteiger partial charge in [-0.15, -0.1) is 0 Å². The Labute approximate surface area is 85.9 Å². The van der Waals surface area contributed by atoms with Gasteiger partial charge in [-0.3, -0.25) is 4.79 Å². The quantitative estimate of drug-likeness (QED) is 0.803. The standard InChI is InChI=1S/C10H9ClFNO/c11-7-3-1-6(2-4-7)10(12)5-8(10)9(13)14/h1-4,8H,5H2,(H2,13,14). The van der Waals surface area contributed by atoms with Crippen molar-refractivity contribution in [2.75, 3.05) is 0 Å². The van der Waals surface area contributed by atoms with Gasteiger partial charge < -0.3 is 5.73 Å². The van der Waals surface area contributed by atoms with Crippen LogP contribution in [-0.2, 0) is 10.5 Å². The molecule has 2 unspecified atom stereocenters. The van der Waals surface area contributed by atoms with Crippen LogP contribution < -0.4 is 5.73 Å². The molecular formula is C10H9ClFNO. The molecule has 1 fully saturated rings. The van der Waals surface area contributed by atoms with E-state index in [0.717, 1.165) is 0 Å². The van der Waals surface area contributed by atoms with E-state index in [9.17, 15) is 9.18 Å². The molecule has 1 saturated carbocycles. The molecule has 74 valence electrons. The van der Waals surface area contributed by atoms with Crippen molar-refractivity contribution in [2.45, 2.75) is 12.1 Å². The van der Waals surface area contributed by atoms with Crippen molar-refractivity contribution in [3.8, 4) is 0 Å². The molecule has 2 atom stereocenters. The SMILES string of the molecule is NC(=O)C1CC1(F)c1ccc(Cl)cc1. The van der Waals surface area contributed by atoms with E-state index in [1.165, 1.54) is 0 Å². The van der Waals surface area contributed by atoms with Gasteiger partial charge in [0.05, 0.1) is 5.92 Å². The lowest BCUT2D eigenvalue weighted by atomic mass is 10.1. The van der Waals surface area contributed by atoms with Gasteiger partial charge in [-0.2, -0.15) is 0 Å². The van der Waals surface area contributed by atoms with E-state index < -0.39 is 17.5 Å². The number of alkyl halides is 1. The second kappa shape index (κ2) is 2.95. The smallest absolute Gasteiger partial charge is 0.224 e. The molecule has 2 N–H and O–H groups in total. The summed E-state index contributed by atoms with van der Waals surface area (Å²) in [6, 6.07) is 6.39. The molecular weight excluding hydrogens is 205 g/mol. The molecule has 0 bridgehead atoms. The summed E-state index contributed by atoms with van der Waals surface area (Å²) >= 11 is 5.67. The molecule has 1 aliphatic rings. The molecule has 1 amide bonds. The number of carbonyl (C=O) groups excluding carboxylic acids is 1. The van der Waals surface area contributed by atoms with Crippen molar-refractivity contribution in [2.24, 2.45) is 11.7 Å². The summed E-state index contributed by atoms with van der Waals surface area (Å²) in [7, 11) is 0. The first-order valence-electron chi connectivity index (χ1n) is 4.28.